The summed E-state index contributed by atoms with van der Waals surface area (Å²) in [6, 6.07) is 22.1. The van der Waals surface area contributed by atoms with Gasteiger partial charge in [0.2, 0.25) is 15.9 Å². The normalized spacial score (nSPS) is 15.8. The van der Waals surface area contributed by atoms with Crippen molar-refractivity contribution in [2.24, 2.45) is 5.41 Å². The number of rotatable bonds is 9. The summed E-state index contributed by atoms with van der Waals surface area (Å²) in [5.74, 6) is -0.202. The molecule has 3 aromatic carbocycles. The molecule has 1 saturated heterocycles. The summed E-state index contributed by atoms with van der Waals surface area (Å²) >= 11 is 5.98. The number of benzene rings is 3. The number of hydrogen-bond donors (Lipinski definition) is 0. The van der Waals surface area contributed by atoms with Crippen molar-refractivity contribution in [3.05, 3.63) is 95.3 Å². The first-order chi connectivity index (χ1) is 17.7. The molecule has 37 heavy (non-hydrogen) atoms. The van der Waals surface area contributed by atoms with E-state index in [4.69, 9.17) is 16.3 Å². The summed E-state index contributed by atoms with van der Waals surface area (Å²) in [4.78, 5) is 14.6. The van der Waals surface area contributed by atoms with Gasteiger partial charge in [-0.1, -0.05) is 54.1 Å². The molecule has 4 rings (SSSR count). The number of sulfonamides is 1. The molecule has 1 amide bonds. The number of carbonyl (C=O) groups is 1. The van der Waals surface area contributed by atoms with E-state index in [0.717, 1.165) is 11.6 Å². The van der Waals surface area contributed by atoms with E-state index in [1.54, 1.807) is 36.2 Å². The fourth-order valence-corrected chi connectivity index (χ4v) is 6.17. The maximum Gasteiger partial charge on any atom is 0.245 e. The number of halogens is 2. The molecule has 0 N–H and O–H groups in total. The SMILES string of the molecule is CN(Cc1ccccc1)C(=O)CC1(COc2ccc(Cl)cc2)CCN(S(=O)(=O)c2ccccc2F)CC1. The van der Waals surface area contributed by atoms with Gasteiger partial charge >= 0.3 is 0 Å². The molecule has 9 heteroatoms. The second-order valence-corrected chi connectivity index (χ2v) is 11.8. The molecule has 0 aliphatic carbocycles. The molecule has 0 radical (unpaired) electrons. The van der Waals surface area contributed by atoms with E-state index in [9.17, 15) is 17.6 Å². The van der Waals surface area contributed by atoms with E-state index < -0.39 is 21.3 Å². The molecule has 0 saturated carbocycles. The second kappa shape index (κ2) is 11.6. The molecule has 0 atom stereocenters. The molecule has 3 aromatic rings. The average molecular weight is 545 g/mol. The minimum atomic E-state index is -3.99. The molecular weight excluding hydrogens is 515 g/mol. The van der Waals surface area contributed by atoms with Crippen LogP contribution in [0.5, 0.6) is 5.75 Å². The molecule has 0 aromatic heterocycles. The lowest BCUT2D eigenvalue weighted by molar-refractivity contribution is -0.134. The number of ether oxygens (including phenoxy) is 1. The smallest absolute Gasteiger partial charge is 0.245 e. The average Bonchev–Trinajstić information content (AvgIpc) is 2.89. The Morgan fingerprint density at radius 3 is 2.27 bits per heavy atom. The third-order valence-corrected chi connectivity index (χ3v) is 8.99. The monoisotopic (exact) mass is 544 g/mol. The third kappa shape index (κ3) is 6.69. The van der Waals surface area contributed by atoms with Crippen molar-refractivity contribution >= 4 is 27.5 Å². The van der Waals surface area contributed by atoms with Gasteiger partial charge < -0.3 is 9.64 Å². The summed E-state index contributed by atoms with van der Waals surface area (Å²) in [5, 5.41) is 0.589. The van der Waals surface area contributed by atoms with Crippen LogP contribution in [0.3, 0.4) is 0 Å². The van der Waals surface area contributed by atoms with Crippen LogP contribution in [0.15, 0.2) is 83.8 Å². The first-order valence-corrected chi connectivity index (χ1v) is 13.9. The van der Waals surface area contributed by atoms with E-state index in [0.29, 0.717) is 30.2 Å². The van der Waals surface area contributed by atoms with Gasteiger partial charge in [0, 0.05) is 43.5 Å². The van der Waals surface area contributed by atoms with E-state index in [1.807, 2.05) is 30.3 Å². The highest BCUT2D eigenvalue weighted by molar-refractivity contribution is 7.89. The van der Waals surface area contributed by atoms with Gasteiger partial charge in [-0.15, -0.1) is 0 Å². The van der Waals surface area contributed by atoms with Crippen LogP contribution in [-0.4, -0.2) is 50.3 Å². The topological polar surface area (TPSA) is 66.9 Å². The maximum absolute atomic E-state index is 14.3. The molecule has 196 valence electrons. The Labute approximate surface area is 222 Å². The number of piperidine rings is 1. The molecule has 0 bridgehead atoms. The predicted molar refractivity (Wildman–Crippen MR) is 141 cm³/mol. The molecule has 6 nitrogen and oxygen atoms in total. The Balaban J connectivity index is 1.50. The van der Waals surface area contributed by atoms with Crippen LogP contribution in [0.2, 0.25) is 5.02 Å². The minimum absolute atomic E-state index is 0.0472. The maximum atomic E-state index is 14.3. The van der Waals surface area contributed by atoms with Gasteiger partial charge in [0.25, 0.3) is 0 Å². The van der Waals surface area contributed by atoms with Gasteiger partial charge in [-0.25, -0.2) is 12.8 Å². The van der Waals surface area contributed by atoms with Gasteiger partial charge in [-0.2, -0.15) is 4.31 Å². The van der Waals surface area contributed by atoms with Gasteiger partial charge in [0.15, 0.2) is 0 Å². The summed E-state index contributed by atoms with van der Waals surface area (Å²) < 4.78 is 47.9. The molecule has 0 unspecified atom stereocenters. The van der Waals surface area contributed by atoms with Crippen molar-refractivity contribution in [3.8, 4) is 5.75 Å². The molecule has 0 spiro atoms. The quantitative estimate of drug-likeness (QED) is 0.363. The summed E-state index contributed by atoms with van der Waals surface area (Å²) in [7, 11) is -2.23. The number of hydrogen-bond acceptors (Lipinski definition) is 4. The van der Waals surface area contributed by atoms with Gasteiger partial charge in [0.1, 0.15) is 16.5 Å². The summed E-state index contributed by atoms with van der Waals surface area (Å²) in [5.41, 5.74) is 0.443. The molecule has 1 heterocycles. The van der Waals surface area contributed by atoms with Crippen LogP contribution >= 0.6 is 11.6 Å². The van der Waals surface area contributed by atoms with Crippen LogP contribution in [0.4, 0.5) is 4.39 Å². The summed E-state index contributed by atoms with van der Waals surface area (Å²) in [6.45, 7) is 1.04. The van der Waals surface area contributed by atoms with Crippen molar-refractivity contribution < 1.29 is 22.3 Å². The number of carbonyl (C=O) groups excluding carboxylic acids is 1. The third-order valence-electron chi connectivity index (χ3n) is 6.81. The first-order valence-electron chi connectivity index (χ1n) is 12.1. The molecule has 1 aliphatic rings. The first kappa shape index (κ1) is 27.1. The fourth-order valence-electron chi connectivity index (χ4n) is 4.53. The van der Waals surface area contributed by atoms with E-state index in [2.05, 4.69) is 0 Å². The standard InChI is InChI=1S/C28H30ClFN2O4S/c1-31(20-22-7-3-2-4-8-22)27(33)19-28(21-36-24-13-11-23(29)12-14-24)15-17-32(18-16-28)37(34,35)26-10-6-5-9-25(26)30/h2-14H,15-21H2,1H3. The Morgan fingerprint density at radius 1 is 1.00 bits per heavy atom. The highest BCUT2D eigenvalue weighted by atomic mass is 35.5. The zero-order valence-electron chi connectivity index (χ0n) is 20.6. The van der Waals surface area contributed by atoms with Crippen molar-refractivity contribution in [1.29, 1.82) is 0 Å². The molecule has 1 fully saturated rings. The lowest BCUT2D eigenvalue weighted by atomic mass is 9.76. The van der Waals surface area contributed by atoms with Crippen LogP contribution in [0.25, 0.3) is 0 Å². The Hall–Kier alpha value is -2.94. The van der Waals surface area contributed by atoms with E-state index >= 15 is 0 Å². The van der Waals surface area contributed by atoms with Crippen molar-refractivity contribution in [2.75, 3.05) is 26.7 Å². The van der Waals surface area contributed by atoms with Crippen molar-refractivity contribution in [3.63, 3.8) is 0 Å². The minimum Gasteiger partial charge on any atom is -0.493 e. The van der Waals surface area contributed by atoms with Crippen molar-refractivity contribution in [2.45, 2.75) is 30.7 Å². The fraction of sp³-hybridized carbons (Fsp3) is 0.321. The van der Waals surface area contributed by atoms with Gasteiger partial charge in [0.05, 0.1) is 6.61 Å². The highest BCUT2D eigenvalue weighted by Crippen LogP contribution is 2.38. The Bertz CT molecular complexity index is 1310. The largest absolute Gasteiger partial charge is 0.493 e. The van der Waals surface area contributed by atoms with E-state index in [1.165, 1.54) is 22.5 Å². The summed E-state index contributed by atoms with van der Waals surface area (Å²) in [6.07, 6.45) is 1.01. The predicted octanol–water partition coefficient (Wildman–Crippen LogP) is 5.38. The van der Waals surface area contributed by atoms with E-state index in [-0.39, 0.29) is 36.9 Å². The van der Waals surface area contributed by atoms with Crippen LogP contribution in [0, 0.1) is 11.2 Å². The second-order valence-electron chi connectivity index (χ2n) is 9.49. The van der Waals surface area contributed by atoms with Crippen LogP contribution in [0.1, 0.15) is 24.8 Å². The number of nitrogens with zero attached hydrogens (tertiary/aromatic N) is 2. The lowest BCUT2D eigenvalue weighted by Gasteiger charge is -2.41. The van der Waals surface area contributed by atoms with Crippen LogP contribution in [-0.2, 0) is 21.4 Å². The lowest BCUT2D eigenvalue weighted by Crippen LogP contribution is -2.47. The Kier molecular flexibility index (Phi) is 8.52. The highest BCUT2D eigenvalue weighted by Gasteiger charge is 2.41. The zero-order chi connectivity index (χ0) is 26.5. The van der Waals surface area contributed by atoms with Gasteiger partial charge in [-0.3, -0.25) is 4.79 Å². The zero-order valence-corrected chi connectivity index (χ0v) is 22.2. The molecule has 1 aliphatic heterocycles. The number of amides is 1. The van der Waals surface area contributed by atoms with Crippen LogP contribution < -0.4 is 4.74 Å². The molecular formula is C28H30ClFN2O4S. The Morgan fingerprint density at radius 2 is 1.62 bits per heavy atom. The van der Waals surface area contributed by atoms with Crippen molar-refractivity contribution in [1.82, 2.24) is 9.21 Å². The van der Waals surface area contributed by atoms with Gasteiger partial charge in [-0.05, 0) is 54.8 Å².